The maximum Gasteiger partial charge on any atom is 0.324 e. The molecule has 0 unspecified atom stereocenters. The van der Waals surface area contributed by atoms with Gasteiger partial charge in [-0.25, -0.2) is 0 Å². The molecule has 0 radical (unpaired) electrons. The number of amides is 1. The topological polar surface area (TPSA) is 78.7 Å². The Kier molecular flexibility index (Phi) is 5.71. The lowest BCUT2D eigenvalue weighted by Gasteiger charge is -2.36. The van der Waals surface area contributed by atoms with Crippen molar-refractivity contribution in [3.8, 4) is 0 Å². The molecule has 1 amide bonds. The second-order valence-corrected chi connectivity index (χ2v) is 7.87. The number of nitrogens with zero attached hydrogens (tertiary/aromatic N) is 3. The molecule has 0 spiro atoms. The summed E-state index contributed by atoms with van der Waals surface area (Å²) in [5.41, 5.74) is 3.31. The average Bonchev–Trinajstić information content (AvgIpc) is 3.14. The lowest BCUT2D eigenvalue weighted by atomic mass is 10.1. The molecule has 2 heterocycles. The number of anilines is 1. The standard InChI is InChI=1S/C18H20N4O3S2/c1-12-3-4-14(13(2)11-12)19-18(26)21-9-7-20(8-10-21)17(23)15-5-6-16(27-15)22(24)25/h3-6,11H,7-10H2,1-2H3,(H,19,26). The highest BCUT2D eigenvalue weighted by atomic mass is 32.1. The van der Waals surface area contributed by atoms with E-state index in [0.29, 0.717) is 36.2 Å². The number of rotatable bonds is 3. The summed E-state index contributed by atoms with van der Waals surface area (Å²) in [5.74, 6) is -0.166. The second-order valence-electron chi connectivity index (χ2n) is 6.42. The van der Waals surface area contributed by atoms with E-state index in [4.69, 9.17) is 12.2 Å². The van der Waals surface area contributed by atoms with Crippen LogP contribution in [0.4, 0.5) is 10.7 Å². The molecule has 0 bridgehead atoms. The van der Waals surface area contributed by atoms with Gasteiger partial charge in [-0.1, -0.05) is 29.0 Å². The van der Waals surface area contributed by atoms with Gasteiger partial charge >= 0.3 is 5.00 Å². The molecule has 0 saturated carbocycles. The number of benzene rings is 1. The lowest BCUT2D eigenvalue weighted by Crippen LogP contribution is -2.51. The van der Waals surface area contributed by atoms with Crippen molar-refractivity contribution < 1.29 is 9.72 Å². The molecule has 1 fully saturated rings. The molecule has 9 heteroatoms. The van der Waals surface area contributed by atoms with Gasteiger partial charge < -0.3 is 15.1 Å². The highest BCUT2D eigenvalue weighted by Gasteiger charge is 2.25. The number of nitrogens with one attached hydrogen (secondary N) is 1. The zero-order chi connectivity index (χ0) is 19.6. The fraction of sp³-hybridized carbons (Fsp3) is 0.333. The summed E-state index contributed by atoms with van der Waals surface area (Å²) in [5, 5.41) is 14.7. The second kappa shape index (κ2) is 8.01. The number of thiocarbonyl (C=S) groups is 1. The van der Waals surface area contributed by atoms with Gasteiger partial charge in [0.05, 0.1) is 9.80 Å². The Bertz CT molecular complexity index is 888. The van der Waals surface area contributed by atoms with Crippen LogP contribution < -0.4 is 5.32 Å². The number of hydrogen-bond donors (Lipinski definition) is 1. The van der Waals surface area contributed by atoms with Gasteiger partial charge in [-0.15, -0.1) is 0 Å². The molecule has 0 aliphatic carbocycles. The molecule has 2 aromatic rings. The van der Waals surface area contributed by atoms with E-state index in [0.717, 1.165) is 22.6 Å². The Balaban J connectivity index is 1.56. The Labute approximate surface area is 166 Å². The largest absolute Gasteiger partial charge is 0.345 e. The van der Waals surface area contributed by atoms with E-state index in [1.807, 2.05) is 30.9 Å². The molecule has 1 aromatic carbocycles. The van der Waals surface area contributed by atoms with Gasteiger partial charge in [-0.05, 0) is 43.8 Å². The number of carbonyl (C=O) groups is 1. The van der Waals surface area contributed by atoms with Gasteiger partial charge in [0.2, 0.25) is 0 Å². The summed E-state index contributed by atoms with van der Waals surface area (Å²) < 4.78 is 0. The van der Waals surface area contributed by atoms with E-state index in [1.54, 1.807) is 4.90 Å². The molecular formula is C18H20N4O3S2. The van der Waals surface area contributed by atoms with Crippen LogP contribution in [-0.2, 0) is 0 Å². The summed E-state index contributed by atoms with van der Waals surface area (Å²) in [6.07, 6.45) is 0. The number of thiophene rings is 1. The normalized spacial score (nSPS) is 14.1. The van der Waals surface area contributed by atoms with E-state index in [9.17, 15) is 14.9 Å². The molecular weight excluding hydrogens is 384 g/mol. The third-order valence-corrected chi connectivity index (χ3v) is 5.85. The number of hydrogen-bond acceptors (Lipinski definition) is 5. The minimum Gasteiger partial charge on any atom is -0.345 e. The van der Waals surface area contributed by atoms with Crippen LogP contribution in [0.25, 0.3) is 0 Å². The van der Waals surface area contributed by atoms with E-state index < -0.39 is 4.92 Å². The van der Waals surface area contributed by atoms with Gasteiger partial charge in [-0.2, -0.15) is 0 Å². The molecule has 1 aliphatic heterocycles. The highest BCUT2D eigenvalue weighted by Crippen LogP contribution is 2.25. The number of aryl methyl sites for hydroxylation is 2. The molecule has 27 heavy (non-hydrogen) atoms. The zero-order valence-electron chi connectivity index (χ0n) is 15.1. The maximum absolute atomic E-state index is 12.5. The molecule has 7 nitrogen and oxygen atoms in total. The fourth-order valence-electron chi connectivity index (χ4n) is 2.96. The van der Waals surface area contributed by atoms with Crippen LogP contribution in [0, 0.1) is 24.0 Å². The van der Waals surface area contributed by atoms with E-state index in [1.165, 1.54) is 17.7 Å². The average molecular weight is 405 g/mol. The number of carbonyl (C=O) groups excluding carboxylic acids is 1. The first-order valence-corrected chi connectivity index (χ1v) is 9.74. The molecule has 1 N–H and O–H groups in total. The van der Waals surface area contributed by atoms with Crippen LogP contribution in [0.3, 0.4) is 0 Å². The predicted molar refractivity (Wildman–Crippen MR) is 111 cm³/mol. The summed E-state index contributed by atoms with van der Waals surface area (Å²) in [7, 11) is 0. The third kappa shape index (κ3) is 4.42. The van der Waals surface area contributed by atoms with Crippen molar-refractivity contribution in [3.05, 3.63) is 56.5 Å². The van der Waals surface area contributed by atoms with Crippen molar-refractivity contribution in [3.63, 3.8) is 0 Å². The van der Waals surface area contributed by atoms with Crippen molar-refractivity contribution in [1.29, 1.82) is 0 Å². The first kappa shape index (κ1) is 19.2. The van der Waals surface area contributed by atoms with Gasteiger partial charge in [0, 0.05) is 37.9 Å². The summed E-state index contributed by atoms with van der Waals surface area (Å²) >= 11 is 6.43. The quantitative estimate of drug-likeness (QED) is 0.480. The first-order valence-electron chi connectivity index (χ1n) is 8.52. The van der Waals surface area contributed by atoms with Crippen molar-refractivity contribution >= 4 is 45.3 Å². The zero-order valence-corrected chi connectivity index (χ0v) is 16.7. The lowest BCUT2D eigenvalue weighted by molar-refractivity contribution is -0.380. The number of piperazine rings is 1. The summed E-state index contributed by atoms with van der Waals surface area (Å²) in [4.78, 5) is 27.0. The minimum atomic E-state index is -0.476. The third-order valence-electron chi connectivity index (χ3n) is 4.46. The van der Waals surface area contributed by atoms with Gasteiger partial charge in [-0.3, -0.25) is 14.9 Å². The maximum atomic E-state index is 12.5. The van der Waals surface area contributed by atoms with E-state index >= 15 is 0 Å². The summed E-state index contributed by atoms with van der Waals surface area (Å²) in [6.45, 7) is 6.38. The molecule has 3 rings (SSSR count). The number of nitro groups is 1. The van der Waals surface area contributed by atoms with Crippen molar-refractivity contribution in [1.82, 2.24) is 9.80 Å². The van der Waals surface area contributed by atoms with Crippen LogP contribution in [0.5, 0.6) is 0 Å². The smallest absolute Gasteiger partial charge is 0.324 e. The van der Waals surface area contributed by atoms with Crippen LogP contribution in [0.2, 0.25) is 0 Å². The van der Waals surface area contributed by atoms with Crippen molar-refractivity contribution in [2.24, 2.45) is 0 Å². The van der Waals surface area contributed by atoms with Crippen LogP contribution in [0.1, 0.15) is 20.8 Å². The van der Waals surface area contributed by atoms with Crippen LogP contribution in [0.15, 0.2) is 30.3 Å². The monoisotopic (exact) mass is 404 g/mol. The van der Waals surface area contributed by atoms with Crippen molar-refractivity contribution in [2.75, 3.05) is 31.5 Å². The molecule has 1 aliphatic rings. The van der Waals surface area contributed by atoms with Crippen LogP contribution >= 0.6 is 23.6 Å². The Morgan fingerprint density at radius 1 is 1.15 bits per heavy atom. The Morgan fingerprint density at radius 2 is 1.81 bits per heavy atom. The fourth-order valence-corrected chi connectivity index (χ4v) is 4.04. The molecule has 0 atom stereocenters. The first-order chi connectivity index (χ1) is 12.8. The predicted octanol–water partition coefficient (Wildman–Crippen LogP) is 3.43. The Morgan fingerprint density at radius 3 is 2.41 bits per heavy atom. The minimum absolute atomic E-state index is 0.0177. The molecule has 1 saturated heterocycles. The van der Waals surface area contributed by atoms with Crippen molar-refractivity contribution in [2.45, 2.75) is 13.8 Å². The molecule has 142 valence electrons. The summed E-state index contributed by atoms with van der Waals surface area (Å²) in [6, 6.07) is 9.04. The van der Waals surface area contributed by atoms with Gasteiger partial charge in [0.15, 0.2) is 5.11 Å². The van der Waals surface area contributed by atoms with Gasteiger partial charge in [0.25, 0.3) is 5.91 Å². The SMILES string of the molecule is Cc1ccc(NC(=S)N2CCN(C(=O)c3ccc([N+](=O)[O-])s3)CC2)c(C)c1. The highest BCUT2D eigenvalue weighted by molar-refractivity contribution is 7.80. The van der Waals surface area contributed by atoms with Gasteiger partial charge in [0.1, 0.15) is 0 Å². The van der Waals surface area contributed by atoms with E-state index in [-0.39, 0.29) is 10.9 Å². The van der Waals surface area contributed by atoms with Crippen LogP contribution in [-0.4, -0.2) is 51.9 Å². The van der Waals surface area contributed by atoms with E-state index in [2.05, 4.69) is 11.4 Å². The molecule has 1 aromatic heterocycles. The Hall–Kier alpha value is -2.52.